The number of hydrogen-bond donors (Lipinski definition) is 0. The van der Waals surface area contributed by atoms with Gasteiger partial charge in [0.1, 0.15) is 35.2 Å². The third kappa shape index (κ3) is 9.96. The van der Waals surface area contributed by atoms with Gasteiger partial charge in [-0.1, -0.05) is 20.1 Å². The number of esters is 5. The minimum absolute atomic E-state index is 0.0357. The second-order valence-corrected chi connectivity index (χ2v) is 10.1. The van der Waals surface area contributed by atoms with Gasteiger partial charge in [0.25, 0.3) is 0 Å². The minimum Gasteiger partial charge on any atom is -0.460 e. The van der Waals surface area contributed by atoms with Crippen molar-refractivity contribution in [3.8, 4) is 23.0 Å². The summed E-state index contributed by atoms with van der Waals surface area (Å²) in [4.78, 5) is 74.4. The Morgan fingerprint density at radius 1 is 0.696 bits per heavy atom. The summed E-state index contributed by atoms with van der Waals surface area (Å²) in [6, 6.07) is 8.09. The molecule has 12 nitrogen and oxygen atoms in total. The molecule has 0 heterocycles. The zero-order chi connectivity index (χ0) is 33.6. The van der Waals surface area contributed by atoms with Gasteiger partial charge in [-0.3, -0.25) is 14.4 Å². The summed E-state index contributed by atoms with van der Waals surface area (Å²) < 4.78 is 31.7. The first-order valence-electron chi connectivity index (χ1n) is 14.8. The summed E-state index contributed by atoms with van der Waals surface area (Å²) in [6.45, 7) is 10.7. The van der Waals surface area contributed by atoms with E-state index in [2.05, 4.69) is 13.2 Å². The van der Waals surface area contributed by atoms with Crippen LogP contribution in [-0.4, -0.2) is 55.5 Å². The number of ketones is 1. The molecule has 0 saturated heterocycles. The molecule has 46 heavy (non-hydrogen) atoms. The number of rotatable bonds is 15. The average molecular weight is 637 g/mol. The van der Waals surface area contributed by atoms with Gasteiger partial charge in [-0.2, -0.15) is 0 Å². The highest BCUT2D eigenvalue weighted by atomic mass is 16.6. The van der Waals surface area contributed by atoms with Gasteiger partial charge in [-0.25, -0.2) is 14.4 Å². The second-order valence-electron chi connectivity index (χ2n) is 10.1. The van der Waals surface area contributed by atoms with Crippen LogP contribution >= 0.6 is 0 Å². The zero-order valence-corrected chi connectivity index (χ0v) is 25.7. The summed E-state index contributed by atoms with van der Waals surface area (Å²) in [6.07, 6.45) is 3.44. The van der Waals surface area contributed by atoms with E-state index in [-0.39, 0.29) is 59.5 Å². The molecule has 0 unspecified atom stereocenters. The number of carbonyl (C=O) groups is 6. The first-order chi connectivity index (χ1) is 22.1. The van der Waals surface area contributed by atoms with Crippen molar-refractivity contribution in [3.05, 3.63) is 72.8 Å². The van der Waals surface area contributed by atoms with Crippen molar-refractivity contribution in [2.75, 3.05) is 19.8 Å². The van der Waals surface area contributed by atoms with Crippen LogP contribution in [-0.2, 0) is 28.7 Å². The Morgan fingerprint density at radius 3 is 1.63 bits per heavy atom. The molecule has 0 aromatic heterocycles. The van der Waals surface area contributed by atoms with Crippen molar-refractivity contribution in [1.29, 1.82) is 0 Å². The summed E-state index contributed by atoms with van der Waals surface area (Å²) in [7, 11) is 0. The topological polar surface area (TPSA) is 158 Å². The third-order valence-electron chi connectivity index (χ3n) is 6.99. The smallest absolute Gasteiger partial charge is 0.342 e. The van der Waals surface area contributed by atoms with Crippen molar-refractivity contribution in [1.82, 2.24) is 0 Å². The van der Waals surface area contributed by atoms with E-state index in [0.717, 1.165) is 12.2 Å². The fourth-order valence-corrected chi connectivity index (χ4v) is 4.57. The molecule has 0 aliphatic heterocycles. The van der Waals surface area contributed by atoms with Crippen molar-refractivity contribution in [3.63, 3.8) is 0 Å². The molecule has 2 aromatic rings. The van der Waals surface area contributed by atoms with Gasteiger partial charge in [0.15, 0.2) is 5.78 Å². The van der Waals surface area contributed by atoms with Gasteiger partial charge in [0, 0.05) is 25.2 Å². The van der Waals surface area contributed by atoms with Crippen LogP contribution < -0.4 is 18.9 Å². The van der Waals surface area contributed by atoms with Gasteiger partial charge >= 0.3 is 29.8 Å². The zero-order valence-electron chi connectivity index (χ0n) is 25.7. The third-order valence-corrected chi connectivity index (χ3v) is 6.99. The predicted molar refractivity (Wildman–Crippen MR) is 163 cm³/mol. The monoisotopic (exact) mass is 636 g/mol. The molecule has 1 fully saturated rings. The van der Waals surface area contributed by atoms with Crippen molar-refractivity contribution in [2.24, 2.45) is 11.8 Å². The standard InChI is InChI=1S/C34H36O12/c1-5-27(35)25-19-23(13-15-28(25)45-30(36)6-2)43-32(38)21-9-11-22(12-10-21)33(39)44-24-14-16-29(46-31(37)7-3)26(20-24)34(40)42-18-17-41-8-4/h6-7,13-16,19-22H,2-3,5,8-12,17-18H2,1,4H3. The molecule has 244 valence electrons. The number of ether oxygens (including phenoxy) is 6. The molecule has 0 atom stereocenters. The van der Waals surface area contributed by atoms with Crippen LogP contribution in [0, 0.1) is 11.8 Å². The van der Waals surface area contributed by atoms with Crippen LogP contribution in [0.1, 0.15) is 66.7 Å². The maximum Gasteiger partial charge on any atom is 0.342 e. The maximum absolute atomic E-state index is 13.0. The molecule has 0 N–H and O–H groups in total. The Balaban J connectivity index is 1.62. The molecule has 1 aliphatic carbocycles. The number of Topliss-reactive ketones (excluding diaryl/α,β-unsaturated/α-hetero) is 1. The van der Waals surface area contributed by atoms with Gasteiger partial charge < -0.3 is 28.4 Å². The van der Waals surface area contributed by atoms with Gasteiger partial charge in [-0.15, -0.1) is 0 Å². The number of benzene rings is 2. The predicted octanol–water partition coefficient (Wildman–Crippen LogP) is 4.97. The van der Waals surface area contributed by atoms with Crippen LogP contribution in [0.25, 0.3) is 0 Å². The lowest BCUT2D eigenvalue weighted by atomic mass is 9.82. The normalized spacial score (nSPS) is 15.5. The van der Waals surface area contributed by atoms with E-state index in [1.807, 2.05) is 0 Å². The van der Waals surface area contributed by atoms with E-state index in [4.69, 9.17) is 28.4 Å². The van der Waals surface area contributed by atoms with E-state index in [9.17, 15) is 28.8 Å². The van der Waals surface area contributed by atoms with E-state index in [1.54, 1.807) is 13.8 Å². The molecule has 1 aliphatic rings. The van der Waals surface area contributed by atoms with Crippen LogP contribution in [0.15, 0.2) is 61.7 Å². The molecule has 2 aromatic carbocycles. The largest absolute Gasteiger partial charge is 0.460 e. The Labute approximate surface area is 266 Å². The fourth-order valence-electron chi connectivity index (χ4n) is 4.57. The highest BCUT2D eigenvalue weighted by Gasteiger charge is 2.33. The molecule has 3 rings (SSSR count). The van der Waals surface area contributed by atoms with Crippen molar-refractivity contribution in [2.45, 2.75) is 46.0 Å². The quantitative estimate of drug-likeness (QED) is 0.0851. The summed E-state index contributed by atoms with van der Waals surface area (Å²) >= 11 is 0. The van der Waals surface area contributed by atoms with Crippen LogP contribution in [0.2, 0.25) is 0 Å². The highest BCUT2D eigenvalue weighted by molar-refractivity contribution is 6.00. The second kappa shape index (κ2) is 17.4. The maximum atomic E-state index is 13.0. The van der Waals surface area contributed by atoms with E-state index in [0.29, 0.717) is 32.3 Å². The summed E-state index contributed by atoms with van der Waals surface area (Å²) in [5.41, 5.74) is -0.0255. The number of hydrogen-bond acceptors (Lipinski definition) is 12. The lowest BCUT2D eigenvalue weighted by Crippen LogP contribution is -2.30. The lowest BCUT2D eigenvalue weighted by molar-refractivity contribution is -0.145. The van der Waals surface area contributed by atoms with Crippen LogP contribution in [0.3, 0.4) is 0 Å². The Hall–Kier alpha value is -5.10. The van der Waals surface area contributed by atoms with Gasteiger partial charge in [0.05, 0.1) is 24.0 Å². The van der Waals surface area contributed by atoms with E-state index < -0.39 is 41.7 Å². The van der Waals surface area contributed by atoms with E-state index in [1.165, 1.54) is 36.4 Å². The molecular formula is C34H36O12. The average Bonchev–Trinajstić information content (AvgIpc) is 3.07. The van der Waals surface area contributed by atoms with Crippen LogP contribution in [0.4, 0.5) is 0 Å². The fraction of sp³-hybridized carbons (Fsp3) is 0.353. The lowest BCUT2D eigenvalue weighted by Gasteiger charge is -2.26. The highest BCUT2D eigenvalue weighted by Crippen LogP contribution is 2.33. The first-order valence-corrected chi connectivity index (χ1v) is 14.8. The Kier molecular flexibility index (Phi) is 13.4. The van der Waals surface area contributed by atoms with Gasteiger partial charge in [-0.05, 0) is 69.0 Å². The van der Waals surface area contributed by atoms with Crippen molar-refractivity contribution < 1.29 is 57.2 Å². The Bertz CT molecular complexity index is 1480. The first kappa shape index (κ1) is 35.4. The van der Waals surface area contributed by atoms with Gasteiger partial charge in [0.2, 0.25) is 0 Å². The van der Waals surface area contributed by atoms with E-state index >= 15 is 0 Å². The Morgan fingerprint density at radius 2 is 1.17 bits per heavy atom. The molecule has 0 amide bonds. The summed E-state index contributed by atoms with van der Waals surface area (Å²) in [5.74, 6) is -4.60. The molecule has 0 radical (unpaired) electrons. The molecule has 0 spiro atoms. The van der Waals surface area contributed by atoms with Crippen LogP contribution in [0.5, 0.6) is 23.0 Å². The summed E-state index contributed by atoms with van der Waals surface area (Å²) in [5, 5.41) is 0. The molecular weight excluding hydrogens is 600 g/mol. The SMILES string of the molecule is C=CC(=O)Oc1ccc(OC(=O)C2CCC(C(=O)Oc3ccc(OC(=O)C=C)c(C(=O)OCCOCC)c3)CC2)cc1C(=O)CC. The van der Waals surface area contributed by atoms with Crippen molar-refractivity contribution >= 4 is 35.6 Å². The number of carbonyl (C=O) groups excluding carboxylic acids is 6. The molecule has 12 heteroatoms. The minimum atomic E-state index is -0.804. The molecule has 1 saturated carbocycles. The molecule has 0 bridgehead atoms.